The molecule has 4 rings (SSSR count). The van der Waals surface area contributed by atoms with E-state index in [9.17, 15) is 4.79 Å². The molecule has 0 saturated heterocycles. The van der Waals surface area contributed by atoms with E-state index in [4.69, 9.17) is 9.47 Å². The first kappa shape index (κ1) is 16.8. The summed E-state index contributed by atoms with van der Waals surface area (Å²) in [5.41, 5.74) is 3.63. The molecule has 3 heterocycles. The third kappa shape index (κ3) is 3.21. The molecule has 1 aliphatic rings. The van der Waals surface area contributed by atoms with Crippen molar-refractivity contribution in [1.82, 2.24) is 14.9 Å². The Morgan fingerprint density at radius 2 is 2.31 bits per heavy atom. The molecular formula is C20H21N3O3. The topological polar surface area (TPSA) is 65.4 Å². The summed E-state index contributed by atoms with van der Waals surface area (Å²) in [6.07, 6.45) is 3.76. The van der Waals surface area contributed by atoms with E-state index in [0.29, 0.717) is 25.4 Å². The molecule has 1 unspecified atom stereocenters. The highest BCUT2D eigenvalue weighted by atomic mass is 16.5. The number of aromatic nitrogens is 2. The van der Waals surface area contributed by atoms with E-state index in [-0.39, 0.29) is 11.9 Å². The molecule has 0 spiro atoms. The van der Waals surface area contributed by atoms with Gasteiger partial charge in [0.25, 0.3) is 5.91 Å². The molecule has 1 aliphatic heterocycles. The van der Waals surface area contributed by atoms with E-state index in [2.05, 4.69) is 14.9 Å². The Hall–Kier alpha value is -2.70. The van der Waals surface area contributed by atoms with Crippen LogP contribution in [0.4, 0.5) is 0 Å². The lowest BCUT2D eigenvalue weighted by atomic mass is 10.0. The lowest BCUT2D eigenvalue weighted by Crippen LogP contribution is -2.35. The van der Waals surface area contributed by atoms with E-state index < -0.39 is 0 Å². The van der Waals surface area contributed by atoms with Gasteiger partial charge in [-0.25, -0.2) is 0 Å². The summed E-state index contributed by atoms with van der Waals surface area (Å²) in [6.45, 7) is 2.41. The monoisotopic (exact) mass is 351 g/mol. The fourth-order valence-corrected chi connectivity index (χ4v) is 3.33. The zero-order valence-electron chi connectivity index (χ0n) is 14.6. The van der Waals surface area contributed by atoms with Crippen LogP contribution >= 0.6 is 0 Å². The number of carbonyl (C=O) groups is 1. The third-order valence-electron chi connectivity index (χ3n) is 4.67. The van der Waals surface area contributed by atoms with Crippen LogP contribution in [0.5, 0.6) is 0 Å². The van der Waals surface area contributed by atoms with Crippen LogP contribution in [0.15, 0.2) is 48.8 Å². The number of benzene rings is 1. The number of hydrogen-bond donors (Lipinski definition) is 1. The van der Waals surface area contributed by atoms with Crippen molar-refractivity contribution in [1.29, 1.82) is 0 Å². The van der Waals surface area contributed by atoms with Crippen LogP contribution < -0.4 is 5.32 Å². The van der Waals surface area contributed by atoms with Crippen molar-refractivity contribution in [3.63, 3.8) is 0 Å². The van der Waals surface area contributed by atoms with E-state index in [1.807, 2.05) is 42.6 Å². The number of ether oxygens (including phenoxy) is 2. The molecule has 2 aromatic heterocycles. The van der Waals surface area contributed by atoms with Crippen LogP contribution in [-0.4, -0.2) is 35.8 Å². The number of carbonyl (C=O) groups excluding carboxylic acids is 1. The molecule has 0 radical (unpaired) electrons. The molecule has 0 fully saturated rings. The van der Waals surface area contributed by atoms with E-state index in [1.165, 1.54) is 0 Å². The number of rotatable bonds is 5. The average molecular weight is 351 g/mol. The molecule has 26 heavy (non-hydrogen) atoms. The van der Waals surface area contributed by atoms with Gasteiger partial charge in [0.15, 0.2) is 0 Å². The number of nitrogens with zero attached hydrogens (tertiary/aromatic N) is 2. The predicted octanol–water partition coefficient (Wildman–Crippen LogP) is 2.68. The standard InChI is InChI=1S/C20H21N3O3/c1-25-10-9-23-8-6-14-11-15(4-5-18(14)23)20(24)22-17-13-26-12-16-3-2-7-21-19(16)17/h2-8,11,17H,9-10,12-13H2,1H3,(H,22,24). The van der Waals surface area contributed by atoms with Gasteiger partial charge in [0.05, 0.1) is 31.6 Å². The zero-order valence-corrected chi connectivity index (χ0v) is 14.6. The van der Waals surface area contributed by atoms with Gasteiger partial charge in [-0.15, -0.1) is 0 Å². The van der Waals surface area contributed by atoms with Crippen molar-refractivity contribution >= 4 is 16.8 Å². The number of hydrogen-bond acceptors (Lipinski definition) is 4. The van der Waals surface area contributed by atoms with Gasteiger partial charge in [0, 0.05) is 48.1 Å². The van der Waals surface area contributed by atoms with Crippen LogP contribution in [-0.2, 0) is 22.6 Å². The second-order valence-corrected chi connectivity index (χ2v) is 6.36. The summed E-state index contributed by atoms with van der Waals surface area (Å²) in [5, 5.41) is 4.08. The summed E-state index contributed by atoms with van der Waals surface area (Å²) >= 11 is 0. The van der Waals surface area contributed by atoms with Crippen LogP contribution in [0.25, 0.3) is 10.9 Å². The fraction of sp³-hybridized carbons (Fsp3) is 0.300. The summed E-state index contributed by atoms with van der Waals surface area (Å²) in [4.78, 5) is 17.1. The first-order valence-corrected chi connectivity index (χ1v) is 8.66. The van der Waals surface area contributed by atoms with Crippen molar-refractivity contribution in [3.05, 3.63) is 65.6 Å². The predicted molar refractivity (Wildman–Crippen MR) is 97.9 cm³/mol. The summed E-state index contributed by atoms with van der Waals surface area (Å²) in [6, 6.07) is 11.4. The Balaban J connectivity index is 1.54. The average Bonchev–Trinajstić information content (AvgIpc) is 3.09. The van der Waals surface area contributed by atoms with Gasteiger partial charge in [-0.1, -0.05) is 6.07 Å². The number of fused-ring (bicyclic) bond motifs is 2. The Labute approximate surface area is 151 Å². The van der Waals surface area contributed by atoms with Crippen molar-refractivity contribution < 1.29 is 14.3 Å². The molecule has 6 nitrogen and oxygen atoms in total. The highest BCUT2D eigenvalue weighted by Crippen LogP contribution is 2.23. The number of pyridine rings is 1. The van der Waals surface area contributed by atoms with Gasteiger partial charge >= 0.3 is 0 Å². The van der Waals surface area contributed by atoms with Crippen LogP contribution in [0.2, 0.25) is 0 Å². The Morgan fingerprint density at radius 3 is 3.19 bits per heavy atom. The molecule has 0 saturated carbocycles. The molecule has 0 bridgehead atoms. The fourth-order valence-electron chi connectivity index (χ4n) is 3.33. The highest BCUT2D eigenvalue weighted by Gasteiger charge is 2.24. The normalized spacial score (nSPS) is 16.4. The molecule has 1 N–H and O–H groups in total. The molecule has 1 aromatic carbocycles. The van der Waals surface area contributed by atoms with E-state index >= 15 is 0 Å². The smallest absolute Gasteiger partial charge is 0.251 e. The van der Waals surface area contributed by atoms with Gasteiger partial charge < -0.3 is 19.4 Å². The van der Waals surface area contributed by atoms with Gasteiger partial charge in [0.1, 0.15) is 0 Å². The molecule has 1 amide bonds. The van der Waals surface area contributed by atoms with Crippen molar-refractivity contribution in [2.24, 2.45) is 0 Å². The van der Waals surface area contributed by atoms with Crippen LogP contribution in [0.1, 0.15) is 27.7 Å². The van der Waals surface area contributed by atoms with E-state index in [0.717, 1.165) is 28.7 Å². The van der Waals surface area contributed by atoms with Gasteiger partial charge in [-0.3, -0.25) is 9.78 Å². The molecular weight excluding hydrogens is 330 g/mol. The van der Waals surface area contributed by atoms with Gasteiger partial charge in [0.2, 0.25) is 0 Å². The van der Waals surface area contributed by atoms with Crippen molar-refractivity contribution in [2.75, 3.05) is 20.3 Å². The quantitative estimate of drug-likeness (QED) is 0.768. The molecule has 0 aliphatic carbocycles. The number of amides is 1. The Bertz CT molecular complexity index is 935. The molecule has 6 heteroatoms. The highest BCUT2D eigenvalue weighted by molar-refractivity contribution is 5.98. The minimum Gasteiger partial charge on any atom is -0.383 e. The van der Waals surface area contributed by atoms with E-state index in [1.54, 1.807) is 13.3 Å². The maximum absolute atomic E-state index is 12.7. The molecule has 1 atom stereocenters. The minimum atomic E-state index is -0.227. The second kappa shape index (κ2) is 7.27. The first-order valence-electron chi connectivity index (χ1n) is 8.66. The van der Waals surface area contributed by atoms with Crippen LogP contribution in [0, 0.1) is 0 Å². The lowest BCUT2D eigenvalue weighted by Gasteiger charge is -2.25. The Kier molecular flexibility index (Phi) is 4.69. The minimum absolute atomic E-state index is 0.122. The summed E-state index contributed by atoms with van der Waals surface area (Å²) in [7, 11) is 1.69. The first-order chi connectivity index (χ1) is 12.8. The zero-order chi connectivity index (χ0) is 17.9. The maximum Gasteiger partial charge on any atom is 0.251 e. The second-order valence-electron chi connectivity index (χ2n) is 6.36. The van der Waals surface area contributed by atoms with Crippen molar-refractivity contribution in [3.8, 4) is 0 Å². The summed E-state index contributed by atoms with van der Waals surface area (Å²) < 4.78 is 12.8. The number of nitrogens with one attached hydrogen (secondary N) is 1. The summed E-state index contributed by atoms with van der Waals surface area (Å²) in [5.74, 6) is -0.122. The Morgan fingerprint density at radius 1 is 1.38 bits per heavy atom. The largest absolute Gasteiger partial charge is 0.383 e. The maximum atomic E-state index is 12.7. The van der Waals surface area contributed by atoms with Gasteiger partial charge in [-0.05, 0) is 30.3 Å². The SMILES string of the molecule is COCCn1ccc2cc(C(=O)NC3COCc4cccnc43)ccc21. The third-order valence-corrected chi connectivity index (χ3v) is 4.67. The molecule has 134 valence electrons. The number of methoxy groups -OCH3 is 1. The molecule has 3 aromatic rings. The van der Waals surface area contributed by atoms with Crippen LogP contribution in [0.3, 0.4) is 0 Å². The van der Waals surface area contributed by atoms with Gasteiger partial charge in [-0.2, -0.15) is 0 Å². The lowest BCUT2D eigenvalue weighted by molar-refractivity contribution is 0.0694. The van der Waals surface area contributed by atoms with Crippen molar-refractivity contribution in [2.45, 2.75) is 19.2 Å².